The third kappa shape index (κ3) is 4.08. The zero-order chi connectivity index (χ0) is 14.5. The van der Waals surface area contributed by atoms with Gasteiger partial charge in [0.05, 0.1) is 10.3 Å². The van der Waals surface area contributed by atoms with Crippen molar-refractivity contribution in [3.63, 3.8) is 0 Å². The monoisotopic (exact) mass is 350 g/mol. The highest BCUT2D eigenvalue weighted by molar-refractivity contribution is 9.10. The van der Waals surface area contributed by atoms with E-state index in [1.807, 2.05) is 50.2 Å². The zero-order valence-corrected chi connectivity index (χ0v) is 13.7. The molecule has 1 aromatic heterocycles. The van der Waals surface area contributed by atoms with Crippen LogP contribution in [-0.2, 0) is 4.79 Å². The number of amides is 1. The Labute approximate surface area is 131 Å². The predicted molar refractivity (Wildman–Crippen MR) is 87.1 cm³/mol. The van der Waals surface area contributed by atoms with Gasteiger partial charge in [-0.15, -0.1) is 0 Å². The first kappa shape index (κ1) is 15.1. The summed E-state index contributed by atoms with van der Waals surface area (Å²) in [6.45, 7) is 3.87. The molecule has 1 amide bonds. The smallest absolute Gasteiger partial charge is 0.237 e. The Balaban J connectivity index is 1.99. The molecule has 20 heavy (non-hydrogen) atoms. The van der Waals surface area contributed by atoms with Crippen LogP contribution in [0.2, 0.25) is 0 Å². The number of anilines is 1. The van der Waals surface area contributed by atoms with Crippen LogP contribution < -0.4 is 5.32 Å². The van der Waals surface area contributed by atoms with Crippen molar-refractivity contribution >= 4 is 39.3 Å². The van der Waals surface area contributed by atoms with Crippen LogP contribution in [0.1, 0.15) is 12.5 Å². The van der Waals surface area contributed by atoms with Gasteiger partial charge in [0.15, 0.2) is 0 Å². The van der Waals surface area contributed by atoms with Crippen LogP contribution in [0.4, 0.5) is 5.69 Å². The molecule has 0 saturated carbocycles. The van der Waals surface area contributed by atoms with E-state index in [0.29, 0.717) is 0 Å². The summed E-state index contributed by atoms with van der Waals surface area (Å²) in [5, 5.41) is 3.57. The van der Waals surface area contributed by atoms with Crippen LogP contribution in [0.3, 0.4) is 0 Å². The number of hydrogen-bond acceptors (Lipinski definition) is 3. The second-order valence-electron chi connectivity index (χ2n) is 4.38. The van der Waals surface area contributed by atoms with Gasteiger partial charge in [-0.3, -0.25) is 4.79 Å². The molecule has 0 bridgehead atoms. The lowest BCUT2D eigenvalue weighted by Gasteiger charge is -2.12. The van der Waals surface area contributed by atoms with Crippen molar-refractivity contribution in [3.05, 3.63) is 52.6 Å². The Morgan fingerprint density at radius 2 is 2.15 bits per heavy atom. The fourth-order valence-electron chi connectivity index (χ4n) is 1.62. The fourth-order valence-corrected chi connectivity index (χ4v) is 2.67. The molecule has 1 aromatic carbocycles. The first-order valence-electron chi connectivity index (χ1n) is 6.21. The standard InChI is InChI=1S/C15H15BrN2OS/c1-10-9-12(6-7-13(10)16)18-15(19)11(2)20-14-5-3-4-8-17-14/h3-9,11H,1-2H3,(H,18,19)/t11-/m0/s1. The maximum Gasteiger partial charge on any atom is 0.237 e. The number of benzene rings is 1. The fraction of sp³-hybridized carbons (Fsp3) is 0.200. The van der Waals surface area contributed by atoms with E-state index < -0.39 is 0 Å². The van der Waals surface area contributed by atoms with Crippen LogP contribution in [0.25, 0.3) is 0 Å². The molecule has 0 aliphatic heterocycles. The first-order valence-corrected chi connectivity index (χ1v) is 7.88. The van der Waals surface area contributed by atoms with E-state index in [9.17, 15) is 4.79 Å². The minimum atomic E-state index is -0.200. The maximum absolute atomic E-state index is 12.1. The summed E-state index contributed by atoms with van der Waals surface area (Å²) in [7, 11) is 0. The molecule has 2 aromatic rings. The number of carbonyl (C=O) groups excluding carboxylic acids is 1. The number of halogens is 1. The largest absolute Gasteiger partial charge is 0.325 e. The Bertz CT molecular complexity index is 604. The second kappa shape index (κ2) is 6.90. The Kier molecular flexibility index (Phi) is 5.20. The molecule has 0 spiro atoms. The third-order valence-corrected chi connectivity index (χ3v) is 4.67. The average Bonchev–Trinajstić information content (AvgIpc) is 2.44. The molecule has 3 nitrogen and oxygen atoms in total. The lowest BCUT2D eigenvalue weighted by atomic mass is 10.2. The van der Waals surface area contributed by atoms with E-state index in [0.717, 1.165) is 20.7 Å². The van der Waals surface area contributed by atoms with Gasteiger partial charge in [0.2, 0.25) is 5.91 Å². The SMILES string of the molecule is Cc1cc(NC(=O)[C@H](C)Sc2ccccn2)ccc1Br. The number of aryl methyl sites for hydroxylation is 1. The van der Waals surface area contributed by atoms with Gasteiger partial charge in [0.1, 0.15) is 0 Å². The van der Waals surface area contributed by atoms with E-state index in [4.69, 9.17) is 0 Å². The molecule has 1 N–H and O–H groups in total. The number of nitrogens with zero attached hydrogens (tertiary/aromatic N) is 1. The number of thioether (sulfide) groups is 1. The van der Waals surface area contributed by atoms with Crippen molar-refractivity contribution in [2.75, 3.05) is 5.32 Å². The topological polar surface area (TPSA) is 42.0 Å². The van der Waals surface area contributed by atoms with Crippen molar-refractivity contribution in [2.45, 2.75) is 24.1 Å². The van der Waals surface area contributed by atoms with Crippen LogP contribution >= 0.6 is 27.7 Å². The Morgan fingerprint density at radius 1 is 1.35 bits per heavy atom. The molecule has 104 valence electrons. The van der Waals surface area contributed by atoms with Gasteiger partial charge in [0, 0.05) is 16.4 Å². The molecule has 0 aliphatic rings. The summed E-state index contributed by atoms with van der Waals surface area (Å²) in [5.74, 6) is -0.0256. The minimum absolute atomic E-state index is 0.0256. The van der Waals surface area contributed by atoms with E-state index in [2.05, 4.69) is 26.2 Å². The molecule has 0 saturated heterocycles. The molecule has 1 heterocycles. The maximum atomic E-state index is 12.1. The normalized spacial score (nSPS) is 11.9. The van der Waals surface area contributed by atoms with Crippen LogP contribution in [0.5, 0.6) is 0 Å². The third-order valence-electron chi connectivity index (χ3n) is 2.73. The van der Waals surface area contributed by atoms with Gasteiger partial charge < -0.3 is 5.32 Å². The predicted octanol–water partition coefficient (Wildman–Crippen LogP) is 4.27. The minimum Gasteiger partial charge on any atom is -0.325 e. The number of aromatic nitrogens is 1. The Hall–Kier alpha value is -1.33. The van der Waals surface area contributed by atoms with Gasteiger partial charge in [-0.2, -0.15) is 0 Å². The van der Waals surface area contributed by atoms with Gasteiger partial charge in [-0.1, -0.05) is 33.8 Å². The van der Waals surface area contributed by atoms with Crippen molar-refractivity contribution in [3.8, 4) is 0 Å². The molecule has 0 aliphatic carbocycles. The number of nitrogens with one attached hydrogen (secondary N) is 1. The molecule has 2 rings (SSSR count). The summed E-state index contributed by atoms with van der Waals surface area (Å²) in [6.07, 6.45) is 1.73. The molecule has 0 fully saturated rings. The molecule has 0 radical (unpaired) electrons. The number of carbonyl (C=O) groups is 1. The van der Waals surface area contributed by atoms with Crippen molar-refractivity contribution < 1.29 is 4.79 Å². The van der Waals surface area contributed by atoms with E-state index in [1.165, 1.54) is 11.8 Å². The van der Waals surface area contributed by atoms with E-state index in [1.54, 1.807) is 6.20 Å². The molecular formula is C15H15BrN2OS. The van der Waals surface area contributed by atoms with Crippen molar-refractivity contribution in [2.24, 2.45) is 0 Å². The summed E-state index contributed by atoms with van der Waals surface area (Å²) in [5.41, 5.74) is 1.90. The highest BCUT2D eigenvalue weighted by Crippen LogP contribution is 2.23. The van der Waals surface area contributed by atoms with Gasteiger partial charge >= 0.3 is 0 Å². The molecule has 5 heteroatoms. The number of hydrogen-bond donors (Lipinski definition) is 1. The summed E-state index contributed by atoms with van der Waals surface area (Å²) >= 11 is 4.89. The zero-order valence-electron chi connectivity index (χ0n) is 11.3. The van der Waals surface area contributed by atoms with Crippen LogP contribution in [0, 0.1) is 6.92 Å². The highest BCUT2D eigenvalue weighted by Gasteiger charge is 2.15. The first-order chi connectivity index (χ1) is 9.56. The van der Waals surface area contributed by atoms with Crippen molar-refractivity contribution in [1.29, 1.82) is 0 Å². The summed E-state index contributed by atoms with van der Waals surface area (Å²) in [4.78, 5) is 16.4. The Morgan fingerprint density at radius 3 is 2.80 bits per heavy atom. The van der Waals surface area contributed by atoms with Crippen molar-refractivity contribution in [1.82, 2.24) is 4.98 Å². The number of pyridine rings is 1. The number of rotatable bonds is 4. The van der Waals surface area contributed by atoms with E-state index in [-0.39, 0.29) is 11.2 Å². The van der Waals surface area contributed by atoms with Crippen LogP contribution in [0.15, 0.2) is 52.1 Å². The van der Waals surface area contributed by atoms with Gasteiger partial charge in [0.25, 0.3) is 0 Å². The molecule has 1 atom stereocenters. The van der Waals surface area contributed by atoms with Gasteiger partial charge in [-0.05, 0) is 49.7 Å². The second-order valence-corrected chi connectivity index (χ2v) is 6.60. The molecule has 0 unspecified atom stereocenters. The lowest BCUT2D eigenvalue weighted by Crippen LogP contribution is -2.22. The quantitative estimate of drug-likeness (QED) is 0.837. The molecular weight excluding hydrogens is 336 g/mol. The lowest BCUT2D eigenvalue weighted by molar-refractivity contribution is -0.115. The van der Waals surface area contributed by atoms with Gasteiger partial charge in [-0.25, -0.2) is 4.98 Å². The highest BCUT2D eigenvalue weighted by atomic mass is 79.9. The average molecular weight is 351 g/mol. The summed E-state index contributed by atoms with van der Waals surface area (Å²) < 4.78 is 1.03. The summed E-state index contributed by atoms with van der Waals surface area (Å²) in [6, 6.07) is 11.4. The van der Waals surface area contributed by atoms with Crippen LogP contribution in [-0.4, -0.2) is 16.1 Å². The van der Waals surface area contributed by atoms with E-state index >= 15 is 0 Å².